The quantitative estimate of drug-likeness (QED) is 0.597. The average molecular weight is 317 g/mol. The van der Waals surface area contributed by atoms with Gasteiger partial charge in [-0.25, -0.2) is 8.42 Å². The monoisotopic (exact) mass is 317 g/mol. The first-order valence-electron chi connectivity index (χ1n) is 7.24. The molecule has 21 heavy (non-hydrogen) atoms. The normalized spacial score (nSPS) is 11.5. The maximum absolute atomic E-state index is 10.6. The van der Waals surface area contributed by atoms with Gasteiger partial charge in [-0.2, -0.15) is 0 Å². The van der Waals surface area contributed by atoms with Gasteiger partial charge in [0.1, 0.15) is 15.9 Å². The van der Waals surface area contributed by atoms with Gasteiger partial charge in [0.2, 0.25) is 0 Å². The molecule has 0 bridgehead atoms. The summed E-state index contributed by atoms with van der Waals surface area (Å²) in [5.74, 6) is 0.0764. The molecule has 0 N–H and O–H groups in total. The highest BCUT2D eigenvalue weighted by molar-refractivity contribution is 7.85. The number of nitrogens with zero attached hydrogens (tertiary/aromatic N) is 1. The number of methoxy groups -OCH3 is 1. The minimum absolute atomic E-state index is 0.0764. The van der Waals surface area contributed by atoms with Crippen molar-refractivity contribution in [3.8, 4) is 5.75 Å². The second kappa shape index (κ2) is 9.02. The van der Waals surface area contributed by atoms with Crippen LogP contribution >= 0.6 is 0 Å². The first kappa shape index (κ1) is 19.9. The number of hydrogen-bond acceptors (Lipinski definition) is 4. The molecule has 0 spiro atoms. The lowest BCUT2D eigenvalue weighted by Crippen LogP contribution is -2.47. The highest BCUT2D eigenvalue weighted by atomic mass is 32.2. The van der Waals surface area contributed by atoms with Crippen molar-refractivity contribution in [2.45, 2.75) is 32.6 Å². The van der Waals surface area contributed by atoms with Gasteiger partial charge < -0.3 is 13.8 Å². The average Bonchev–Trinajstić information content (AvgIpc) is 2.50. The molecule has 0 atom stereocenters. The summed E-state index contributed by atoms with van der Waals surface area (Å²) in [6.45, 7) is 14.2. The predicted octanol–water partition coefficient (Wildman–Crippen LogP) is 2.48. The van der Waals surface area contributed by atoms with Crippen LogP contribution in [0.4, 0.5) is 0 Å². The molecule has 0 aromatic heterocycles. The van der Waals surface area contributed by atoms with Gasteiger partial charge in [-0.3, -0.25) is 0 Å². The summed E-state index contributed by atoms with van der Waals surface area (Å²) in [4.78, 5) is -0.326. The molecule has 6 heteroatoms. The number of ether oxygens (including phenoxy) is 1. The number of rotatable bonds is 6. The lowest BCUT2D eigenvalue weighted by molar-refractivity contribution is -0.921. The zero-order valence-corrected chi connectivity index (χ0v) is 14.4. The van der Waals surface area contributed by atoms with E-state index >= 15 is 0 Å². The highest BCUT2D eigenvalue weighted by Gasteiger charge is 2.16. The van der Waals surface area contributed by atoms with Crippen molar-refractivity contribution >= 4 is 10.1 Å². The topological polar surface area (TPSA) is 66.4 Å². The lowest BCUT2D eigenvalue weighted by atomic mass is 10.3. The zero-order chi connectivity index (χ0) is 16.5. The van der Waals surface area contributed by atoms with Gasteiger partial charge in [0.25, 0.3) is 0 Å². The molecule has 0 aliphatic rings. The Morgan fingerprint density at radius 1 is 1.00 bits per heavy atom. The van der Waals surface area contributed by atoms with E-state index in [1.807, 2.05) is 0 Å². The first-order valence-corrected chi connectivity index (χ1v) is 8.65. The van der Waals surface area contributed by atoms with E-state index in [9.17, 15) is 13.0 Å². The molecule has 0 aliphatic heterocycles. The van der Waals surface area contributed by atoms with E-state index in [1.54, 1.807) is 6.07 Å². The predicted molar refractivity (Wildman–Crippen MR) is 83.4 cm³/mol. The molecule has 0 unspecified atom stereocenters. The van der Waals surface area contributed by atoms with Crippen LogP contribution in [0.25, 0.3) is 0 Å². The van der Waals surface area contributed by atoms with Gasteiger partial charge in [-0.1, -0.05) is 12.1 Å². The molecule has 1 aromatic rings. The van der Waals surface area contributed by atoms with Crippen molar-refractivity contribution in [1.82, 2.24) is 0 Å². The zero-order valence-electron chi connectivity index (χ0n) is 13.6. The van der Waals surface area contributed by atoms with Crippen LogP contribution in [0.1, 0.15) is 27.7 Å². The third-order valence-electron chi connectivity index (χ3n) is 4.02. The molecular weight excluding hydrogens is 290 g/mol. The van der Waals surface area contributed by atoms with Gasteiger partial charge in [0.15, 0.2) is 0 Å². The molecule has 0 amide bonds. The van der Waals surface area contributed by atoms with Crippen molar-refractivity contribution in [2.75, 3.05) is 33.3 Å². The Morgan fingerprint density at radius 3 is 1.67 bits per heavy atom. The molecule has 0 aliphatic carbocycles. The summed E-state index contributed by atoms with van der Waals surface area (Å²) in [5.41, 5.74) is 0. The van der Waals surface area contributed by atoms with Crippen LogP contribution in [0.15, 0.2) is 29.2 Å². The molecule has 0 radical (unpaired) electrons. The molecule has 0 saturated heterocycles. The second-order valence-electron chi connectivity index (χ2n) is 4.71. The van der Waals surface area contributed by atoms with Crippen molar-refractivity contribution in [1.29, 1.82) is 0 Å². The van der Waals surface area contributed by atoms with Crippen molar-refractivity contribution in [3.63, 3.8) is 0 Å². The van der Waals surface area contributed by atoms with E-state index in [1.165, 1.54) is 56.0 Å². The Kier molecular flexibility index (Phi) is 8.54. The molecule has 0 heterocycles. The van der Waals surface area contributed by atoms with E-state index < -0.39 is 10.1 Å². The third kappa shape index (κ3) is 6.03. The van der Waals surface area contributed by atoms with E-state index in [0.717, 1.165) is 0 Å². The fraction of sp³-hybridized carbons (Fsp3) is 0.600. The van der Waals surface area contributed by atoms with Crippen LogP contribution in [0.5, 0.6) is 5.75 Å². The molecule has 1 rings (SSSR count). The van der Waals surface area contributed by atoms with Crippen molar-refractivity contribution in [2.24, 2.45) is 0 Å². The number of para-hydroxylation sites is 1. The number of benzene rings is 1. The van der Waals surface area contributed by atoms with Crippen molar-refractivity contribution in [3.05, 3.63) is 24.3 Å². The molecule has 0 fully saturated rings. The Balaban J connectivity index is 0.000000400. The Morgan fingerprint density at radius 2 is 1.43 bits per heavy atom. The SMILES string of the molecule is CC[N+](CC)(CC)CC.COc1ccccc1S(=O)(=O)[O-]. The minimum atomic E-state index is -4.42. The molecule has 0 saturated carbocycles. The van der Waals surface area contributed by atoms with E-state index in [4.69, 9.17) is 4.74 Å². The third-order valence-corrected chi connectivity index (χ3v) is 4.90. The summed E-state index contributed by atoms with van der Waals surface area (Å²) in [7, 11) is -3.11. The van der Waals surface area contributed by atoms with Crippen LogP contribution < -0.4 is 4.74 Å². The van der Waals surface area contributed by atoms with Crippen LogP contribution in [-0.2, 0) is 10.1 Å². The summed E-state index contributed by atoms with van der Waals surface area (Å²) in [6, 6.07) is 5.69. The maximum Gasteiger partial charge on any atom is 0.136 e. The van der Waals surface area contributed by atoms with Crippen LogP contribution in [0, 0.1) is 0 Å². The molecule has 5 nitrogen and oxygen atoms in total. The highest BCUT2D eigenvalue weighted by Crippen LogP contribution is 2.21. The van der Waals surface area contributed by atoms with Crippen LogP contribution in [0.2, 0.25) is 0 Å². The van der Waals surface area contributed by atoms with Gasteiger partial charge in [0, 0.05) is 0 Å². The van der Waals surface area contributed by atoms with Crippen molar-refractivity contribution < 1.29 is 22.2 Å². The van der Waals surface area contributed by atoms with Gasteiger partial charge in [0.05, 0.1) is 38.2 Å². The Bertz CT molecular complexity index is 493. The second-order valence-corrected chi connectivity index (χ2v) is 6.06. The van der Waals surface area contributed by atoms with Gasteiger partial charge >= 0.3 is 0 Å². The van der Waals surface area contributed by atoms with Gasteiger partial charge in [-0.05, 0) is 39.8 Å². The van der Waals surface area contributed by atoms with E-state index in [-0.39, 0.29) is 10.6 Å². The fourth-order valence-electron chi connectivity index (χ4n) is 2.17. The standard InChI is InChI=1S/C8H20N.C7H8O4S/c1-5-9(6-2,7-3)8-4;1-11-6-4-2-3-5-7(6)12(8,9)10/h5-8H2,1-4H3;2-5H,1H3,(H,8,9,10)/q+1;/p-1. The van der Waals surface area contributed by atoms with Crippen LogP contribution in [-0.4, -0.2) is 50.7 Å². The number of hydrogen-bond donors (Lipinski definition) is 0. The van der Waals surface area contributed by atoms with Gasteiger partial charge in [-0.15, -0.1) is 0 Å². The Hall–Kier alpha value is -1.11. The summed E-state index contributed by atoms with van der Waals surface area (Å²) >= 11 is 0. The molecular formula is C15H27NO4S. The maximum atomic E-state index is 10.6. The lowest BCUT2D eigenvalue weighted by Gasteiger charge is -2.34. The minimum Gasteiger partial charge on any atom is -0.744 e. The van der Waals surface area contributed by atoms with Crippen LogP contribution in [0.3, 0.4) is 0 Å². The molecule has 122 valence electrons. The summed E-state index contributed by atoms with van der Waals surface area (Å²) in [5, 5.41) is 0. The van der Waals surface area contributed by atoms with E-state index in [0.29, 0.717) is 0 Å². The summed E-state index contributed by atoms with van der Waals surface area (Å²) < 4.78 is 37.7. The first-order chi connectivity index (χ1) is 9.80. The Labute approximate surface area is 128 Å². The fourth-order valence-corrected chi connectivity index (χ4v) is 2.81. The number of quaternary nitrogens is 1. The van der Waals surface area contributed by atoms with E-state index in [2.05, 4.69) is 27.7 Å². The largest absolute Gasteiger partial charge is 0.744 e. The molecule has 1 aromatic carbocycles. The smallest absolute Gasteiger partial charge is 0.136 e. The summed E-state index contributed by atoms with van der Waals surface area (Å²) in [6.07, 6.45) is 0.